The van der Waals surface area contributed by atoms with Crippen molar-refractivity contribution >= 4 is 14.3 Å². The van der Waals surface area contributed by atoms with Gasteiger partial charge in [-0.2, -0.15) is 0 Å². The third-order valence-corrected chi connectivity index (χ3v) is 9.82. The van der Waals surface area contributed by atoms with Gasteiger partial charge in [-0.25, -0.2) is 9.68 Å². The van der Waals surface area contributed by atoms with E-state index in [-0.39, 0.29) is 11.6 Å². The number of carbonyl (C=O) groups excluding carboxylic acids is 1. The van der Waals surface area contributed by atoms with E-state index in [1.807, 2.05) is 6.92 Å². The zero-order valence-corrected chi connectivity index (χ0v) is 17.4. The van der Waals surface area contributed by atoms with Gasteiger partial charge in [-0.3, -0.25) is 4.58 Å². The van der Waals surface area contributed by atoms with Crippen LogP contribution in [0.25, 0.3) is 0 Å². The van der Waals surface area contributed by atoms with Crippen molar-refractivity contribution in [1.82, 2.24) is 0 Å². The predicted octanol–water partition coefficient (Wildman–Crippen LogP) is 5.40. The zero-order chi connectivity index (χ0) is 18.2. The van der Waals surface area contributed by atoms with Crippen LogP contribution in [0.3, 0.4) is 0 Å². The van der Waals surface area contributed by atoms with E-state index in [9.17, 15) is 4.79 Å². The molecule has 0 amide bonds. The highest BCUT2D eigenvalue weighted by Gasteiger charge is 2.38. The quantitative estimate of drug-likeness (QED) is 0.182. The van der Waals surface area contributed by atoms with E-state index < -0.39 is 8.32 Å². The Morgan fingerprint density at radius 1 is 1.21 bits per heavy atom. The number of hydrogen-bond donors (Lipinski definition) is 0. The average molecular weight is 357 g/mol. The van der Waals surface area contributed by atoms with E-state index in [2.05, 4.69) is 34.6 Å². The molecule has 1 saturated carbocycles. The van der Waals surface area contributed by atoms with E-state index in [1.165, 1.54) is 5.57 Å². The lowest BCUT2D eigenvalue weighted by molar-refractivity contribution is -0.308. The minimum absolute atomic E-state index is 0.225. The van der Waals surface area contributed by atoms with Crippen molar-refractivity contribution in [3.05, 3.63) is 11.6 Å². The zero-order valence-electron chi connectivity index (χ0n) is 16.4. The van der Waals surface area contributed by atoms with Gasteiger partial charge in [0.25, 0.3) is 0 Å². The maximum absolute atomic E-state index is 11.7. The van der Waals surface area contributed by atoms with Crippen molar-refractivity contribution in [1.29, 1.82) is 0 Å². The second-order valence-corrected chi connectivity index (χ2v) is 12.0. The molecule has 0 radical (unpaired) electrons. The van der Waals surface area contributed by atoms with Crippen LogP contribution in [0.4, 0.5) is 0 Å². The van der Waals surface area contributed by atoms with Gasteiger partial charge in [0.05, 0.1) is 12.2 Å². The SMILES string of the molecule is CCOC(=O)/C=C1\CCCC(C(C)(C)OO[Si](CC)(CC)CC)C1. The summed E-state index contributed by atoms with van der Waals surface area (Å²) in [6.07, 6.45) is 5.73. The van der Waals surface area contributed by atoms with Crippen LogP contribution in [0, 0.1) is 5.92 Å². The monoisotopic (exact) mass is 356 g/mol. The number of allylic oxidation sites excluding steroid dienone is 1. The van der Waals surface area contributed by atoms with E-state index in [4.69, 9.17) is 14.2 Å². The molecule has 0 aromatic heterocycles. The van der Waals surface area contributed by atoms with Crippen molar-refractivity contribution in [3.8, 4) is 0 Å². The minimum atomic E-state index is -1.76. The van der Waals surface area contributed by atoms with Gasteiger partial charge in [-0.05, 0) is 70.5 Å². The summed E-state index contributed by atoms with van der Waals surface area (Å²) in [6, 6.07) is 3.23. The fourth-order valence-electron chi connectivity index (χ4n) is 3.36. The van der Waals surface area contributed by atoms with Crippen molar-refractivity contribution < 1.29 is 19.0 Å². The van der Waals surface area contributed by atoms with E-state index >= 15 is 0 Å². The van der Waals surface area contributed by atoms with Crippen molar-refractivity contribution in [3.63, 3.8) is 0 Å². The molecular formula is C19H36O4Si. The van der Waals surface area contributed by atoms with Gasteiger partial charge < -0.3 is 4.74 Å². The van der Waals surface area contributed by atoms with Crippen LogP contribution in [0.1, 0.15) is 67.2 Å². The molecule has 0 saturated heterocycles. The third-order valence-electron chi connectivity index (χ3n) is 5.52. The standard InChI is InChI=1S/C19H36O4Si/c1-7-21-18(20)15-16-12-11-13-17(14-16)19(5,6)22-23-24(8-2,9-3)10-4/h15,17H,7-14H2,1-6H3/b16-15+. The Morgan fingerprint density at radius 2 is 1.83 bits per heavy atom. The highest BCUT2D eigenvalue weighted by atomic mass is 28.4. The third kappa shape index (κ3) is 6.01. The van der Waals surface area contributed by atoms with Crippen LogP contribution in [0.2, 0.25) is 18.1 Å². The predicted molar refractivity (Wildman–Crippen MR) is 100 cm³/mol. The smallest absolute Gasteiger partial charge is 0.330 e. The number of carbonyl (C=O) groups is 1. The summed E-state index contributed by atoms with van der Waals surface area (Å²) >= 11 is 0. The molecule has 0 N–H and O–H groups in total. The summed E-state index contributed by atoms with van der Waals surface area (Å²) in [4.78, 5) is 17.7. The second kappa shape index (κ2) is 9.73. The summed E-state index contributed by atoms with van der Waals surface area (Å²) < 4.78 is 11.1. The number of esters is 1. The largest absolute Gasteiger partial charge is 0.463 e. The molecule has 1 atom stereocenters. The average Bonchev–Trinajstić information content (AvgIpc) is 2.57. The first-order valence-electron chi connectivity index (χ1n) is 9.55. The molecular weight excluding hydrogens is 320 g/mol. The fourth-order valence-corrected chi connectivity index (χ4v) is 5.61. The normalized spacial score (nSPS) is 21.1. The van der Waals surface area contributed by atoms with Crippen LogP contribution in [-0.2, 0) is 19.0 Å². The lowest BCUT2D eigenvalue weighted by Gasteiger charge is -2.39. The summed E-state index contributed by atoms with van der Waals surface area (Å²) in [5.74, 6) is 0.140. The molecule has 0 aliphatic heterocycles. The molecule has 0 spiro atoms. The van der Waals surface area contributed by atoms with Gasteiger partial charge in [0.15, 0.2) is 0 Å². The maximum Gasteiger partial charge on any atom is 0.330 e. The van der Waals surface area contributed by atoms with Crippen LogP contribution in [-0.4, -0.2) is 26.5 Å². The Morgan fingerprint density at radius 3 is 2.38 bits per heavy atom. The minimum Gasteiger partial charge on any atom is -0.463 e. The molecule has 0 aromatic carbocycles. The molecule has 0 bridgehead atoms. The molecule has 24 heavy (non-hydrogen) atoms. The van der Waals surface area contributed by atoms with Gasteiger partial charge in [0, 0.05) is 6.08 Å². The van der Waals surface area contributed by atoms with Gasteiger partial charge in [0.2, 0.25) is 8.32 Å². The van der Waals surface area contributed by atoms with E-state index in [1.54, 1.807) is 6.08 Å². The van der Waals surface area contributed by atoms with Crippen molar-refractivity contribution in [2.45, 2.75) is 91.0 Å². The Labute approximate surface area is 149 Å². The van der Waals surface area contributed by atoms with Crippen molar-refractivity contribution in [2.75, 3.05) is 6.61 Å². The Bertz CT molecular complexity index is 419. The van der Waals surface area contributed by atoms with Crippen molar-refractivity contribution in [2.24, 2.45) is 5.92 Å². The van der Waals surface area contributed by atoms with Crippen LogP contribution >= 0.6 is 0 Å². The van der Waals surface area contributed by atoms with Gasteiger partial charge >= 0.3 is 5.97 Å². The second-order valence-electron chi connectivity index (χ2n) is 7.36. The van der Waals surface area contributed by atoms with Crippen LogP contribution in [0.5, 0.6) is 0 Å². The molecule has 1 aliphatic carbocycles. The Hall–Kier alpha value is -0.653. The van der Waals surface area contributed by atoms with E-state index in [0.29, 0.717) is 12.5 Å². The lowest BCUT2D eigenvalue weighted by Crippen LogP contribution is -2.43. The summed E-state index contributed by atoms with van der Waals surface area (Å²) in [5, 5.41) is 0. The summed E-state index contributed by atoms with van der Waals surface area (Å²) in [7, 11) is -1.76. The maximum atomic E-state index is 11.7. The number of ether oxygens (including phenoxy) is 1. The molecule has 1 aliphatic rings. The molecule has 1 unspecified atom stereocenters. The Kier molecular flexibility index (Phi) is 8.67. The lowest BCUT2D eigenvalue weighted by atomic mass is 9.76. The molecule has 1 rings (SSSR count). The Balaban J connectivity index is 2.70. The molecule has 140 valence electrons. The molecule has 5 heteroatoms. The number of rotatable bonds is 9. The number of hydrogen-bond acceptors (Lipinski definition) is 4. The molecule has 0 aromatic rings. The summed E-state index contributed by atoms with van der Waals surface area (Å²) in [6.45, 7) is 13.1. The first-order chi connectivity index (χ1) is 11.3. The van der Waals surface area contributed by atoms with Gasteiger partial charge in [-0.15, -0.1) is 0 Å². The highest BCUT2D eigenvalue weighted by molar-refractivity contribution is 6.73. The molecule has 0 heterocycles. The first kappa shape index (κ1) is 21.4. The topological polar surface area (TPSA) is 44.8 Å². The molecule has 1 fully saturated rings. The van der Waals surface area contributed by atoms with E-state index in [0.717, 1.165) is 43.8 Å². The van der Waals surface area contributed by atoms with Gasteiger partial charge in [0.1, 0.15) is 0 Å². The molecule has 4 nitrogen and oxygen atoms in total. The fraction of sp³-hybridized carbons (Fsp3) is 0.842. The first-order valence-corrected chi connectivity index (χ1v) is 12.1. The van der Waals surface area contributed by atoms with Crippen LogP contribution in [0.15, 0.2) is 11.6 Å². The van der Waals surface area contributed by atoms with Crippen LogP contribution < -0.4 is 0 Å². The van der Waals surface area contributed by atoms with Gasteiger partial charge in [-0.1, -0.05) is 26.3 Å². The highest BCUT2D eigenvalue weighted by Crippen LogP contribution is 2.38. The summed E-state index contributed by atoms with van der Waals surface area (Å²) in [5.41, 5.74) is 0.831.